The number of carbonyl (C=O) groups is 2. The van der Waals surface area contributed by atoms with E-state index in [1.807, 2.05) is 19.1 Å². The van der Waals surface area contributed by atoms with E-state index in [1.165, 1.54) is 29.2 Å². The molecule has 0 saturated carbocycles. The highest BCUT2D eigenvalue weighted by Gasteiger charge is 2.37. The number of anilines is 1. The van der Waals surface area contributed by atoms with Gasteiger partial charge < -0.3 is 10.2 Å². The van der Waals surface area contributed by atoms with Crippen molar-refractivity contribution in [3.8, 4) is 0 Å². The summed E-state index contributed by atoms with van der Waals surface area (Å²) in [5, 5.41) is 2.25. The first-order valence-corrected chi connectivity index (χ1v) is 15.4. The first-order valence-electron chi connectivity index (χ1n) is 13.6. The maximum absolute atomic E-state index is 14.1. The number of amides is 2. The Hall–Kier alpha value is -3.57. The number of hydrogen-bond donors (Lipinski definition) is 1. The highest BCUT2D eigenvalue weighted by atomic mass is 35.5. The Kier molecular flexibility index (Phi) is 10.6. The van der Waals surface area contributed by atoms with Crippen molar-refractivity contribution < 1.29 is 31.2 Å². The molecule has 0 aromatic heterocycles. The molecular formula is C31H35ClF3N3O4S. The molecule has 0 bridgehead atoms. The number of halogens is 4. The monoisotopic (exact) mass is 637 g/mol. The van der Waals surface area contributed by atoms with Gasteiger partial charge in [0.2, 0.25) is 11.8 Å². The van der Waals surface area contributed by atoms with Crippen LogP contribution in [-0.4, -0.2) is 43.3 Å². The largest absolute Gasteiger partial charge is 0.417 e. The zero-order valence-corrected chi connectivity index (χ0v) is 26.1. The predicted molar refractivity (Wildman–Crippen MR) is 161 cm³/mol. The van der Waals surface area contributed by atoms with Gasteiger partial charge in [-0.15, -0.1) is 0 Å². The minimum atomic E-state index is -4.88. The Morgan fingerprint density at radius 1 is 0.953 bits per heavy atom. The first kappa shape index (κ1) is 33.9. The van der Waals surface area contributed by atoms with Crippen LogP contribution in [0.2, 0.25) is 5.02 Å². The van der Waals surface area contributed by atoms with Crippen LogP contribution < -0.4 is 9.62 Å². The molecule has 0 spiro atoms. The molecule has 1 atom stereocenters. The van der Waals surface area contributed by atoms with Crippen molar-refractivity contribution in [3.63, 3.8) is 0 Å². The van der Waals surface area contributed by atoms with E-state index < -0.39 is 62.4 Å². The van der Waals surface area contributed by atoms with Gasteiger partial charge in [-0.2, -0.15) is 13.2 Å². The van der Waals surface area contributed by atoms with E-state index in [1.54, 1.807) is 45.9 Å². The highest BCUT2D eigenvalue weighted by molar-refractivity contribution is 7.92. The Labute approximate surface area is 255 Å². The molecular weight excluding hydrogens is 603 g/mol. The van der Waals surface area contributed by atoms with Crippen LogP contribution >= 0.6 is 11.6 Å². The number of sulfonamides is 1. The Balaban J connectivity index is 2.15. The molecule has 43 heavy (non-hydrogen) atoms. The van der Waals surface area contributed by atoms with E-state index in [4.69, 9.17) is 11.6 Å². The molecule has 12 heteroatoms. The van der Waals surface area contributed by atoms with Gasteiger partial charge in [0.25, 0.3) is 10.0 Å². The van der Waals surface area contributed by atoms with Crippen LogP contribution in [0.5, 0.6) is 0 Å². The molecule has 0 heterocycles. The van der Waals surface area contributed by atoms with Gasteiger partial charge in [-0.25, -0.2) is 8.42 Å². The summed E-state index contributed by atoms with van der Waals surface area (Å²) in [4.78, 5) is 28.5. The molecule has 7 nitrogen and oxygen atoms in total. The second-order valence-corrected chi connectivity index (χ2v) is 13.4. The topological polar surface area (TPSA) is 86.8 Å². The summed E-state index contributed by atoms with van der Waals surface area (Å²) in [6.07, 6.45) is -4.68. The lowest BCUT2D eigenvalue weighted by molar-refractivity contribution is -0.141. The van der Waals surface area contributed by atoms with Gasteiger partial charge in [-0.1, -0.05) is 66.6 Å². The van der Waals surface area contributed by atoms with Crippen LogP contribution in [0.3, 0.4) is 0 Å². The van der Waals surface area contributed by atoms with E-state index in [9.17, 15) is 31.2 Å². The van der Waals surface area contributed by atoms with E-state index in [0.717, 1.165) is 17.7 Å². The smallest absolute Gasteiger partial charge is 0.350 e. The van der Waals surface area contributed by atoms with Crippen LogP contribution in [0, 0.1) is 6.92 Å². The highest BCUT2D eigenvalue weighted by Crippen LogP contribution is 2.38. The fraction of sp³-hybridized carbons (Fsp3) is 0.355. The predicted octanol–water partition coefficient (Wildman–Crippen LogP) is 6.58. The third-order valence-electron chi connectivity index (χ3n) is 6.47. The standard InChI is InChI=1S/C31H35ClF3N3O4S/c1-6-27(29(40)36-30(3,4)5)37(19-22-12-10-11-21(2)17-22)28(39)20-38(43(41,42)24-13-8-7-9-14-24)23-15-16-26(32)25(18-23)31(33,34)35/h7-18,27H,6,19-20H2,1-5H3,(H,36,40)/t27-/m1/s1. The number of benzene rings is 3. The Bertz CT molecular complexity index is 1560. The number of nitrogens with zero attached hydrogens (tertiary/aromatic N) is 2. The van der Waals surface area contributed by atoms with Gasteiger partial charge in [-0.05, 0) is 70.0 Å². The van der Waals surface area contributed by atoms with E-state index >= 15 is 0 Å². The van der Waals surface area contributed by atoms with Crippen LogP contribution in [-0.2, 0) is 32.3 Å². The fourth-order valence-electron chi connectivity index (χ4n) is 4.51. The average molecular weight is 638 g/mol. The summed E-state index contributed by atoms with van der Waals surface area (Å²) in [6.45, 7) is 8.04. The summed E-state index contributed by atoms with van der Waals surface area (Å²) < 4.78 is 69.7. The molecule has 3 rings (SSSR count). The van der Waals surface area contributed by atoms with Crippen molar-refractivity contribution in [1.29, 1.82) is 0 Å². The molecule has 232 valence electrons. The van der Waals surface area contributed by atoms with E-state index in [0.29, 0.717) is 15.9 Å². The summed E-state index contributed by atoms with van der Waals surface area (Å²) >= 11 is 5.82. The van der Waals surface area contributed by atoms with Crippen LogP contribution in [0.15, 0.2) is 77.7 Å². The van der Waals surface area contributed by atoms with Crippen LogP contribution in [0.4, 0.5) is 18.9 Å². The number of alkyl halides is 3. The minimum absolute atomic E-state index is 0.0375. The third kappa shape index (κ3) is 8.73. The molecule has 0 aliphatic rings. The second-order valence-electron chi connectivity index (χ2n) is 11.2. The number of carbonyl (C=O) groups excluding carboxylic acids is 2. The molecule has 3 aromatic rings. The molecule has 0 unspecified atom stereocenters. The van der Waals surface area contributed by atoms with Crippen molar-refractivity contribution in [2.45, 2.75) is 70.2 Å². The number of nitrogens with one attached hydrogen (secondary N) is 1. The molecule has 0 saturated heterocycles. The lowest BCUT2D eigenvalue weighted by Gasteiger charge is -2.35. The van der Waals surface area contributed by atoms with Gasteiger partial charge in [0, 0.05) is 12.1 Å². The van der Waals surface area contributed by atoms with Gasteiger partial charge in [-0.3, -0.25) is 13.9 Å². The maximum atomic E-state index is 14.1. The zero-order valence-electron chi connectivity index (χ0n) is 24.6. The third-order valence-corrected chi connectivity index (χ3v) is 8.59. The van der Waals surface area contributed by atoms with Crippen LogP contribution in [0.1, 0.15) is 50.8 Å². The van der Waals surface area contributed by atoms with E-state index in [2.05, 4.69) is 5.32 Å². The lowest BCUT2D eigenvalue weighted by Crippen LogP contribution is -2.55. The van der Waals surface area contributed by atoms with E-state index in [-0.39, 0.29) is 17.9 Å². The molecule has 0 radical (unpaired) electrons. The van der Waals surface area contributed by atoms with Crippen LogP contribution in [0.25, 0.3) is 0 Å². The van der Waals surface area contributed by atoms with Gasteiger partial charge in [0.1, 0.15) is 12.6 Å². The second kappa shape index (κ2) is 13.4. The normalized spacial score (nSPS) is 12.9. The van der Waals surface area contributed by atoms with Gasteiger partial charge >= 0.3 is 6.18 Å². The Morgan fingerprint density at radius 3 is 2.16 bits per heavy atom. The zero-order chi connectivity index (χ0) is 32.2. The molecule has 0 aliphatic carbocycles. The Morgan fingerprint density at radius 2 is 1.60 bits per heavy atom. The first-order chi connectivity index (χ1) is 19.9. The van der Waals surface area contributed by atoms with Gasteiger partial charge in [0.05, 0.1) is 21.2 Å². The molecule has 0 aliphatic heterocycles. The molecule has 3 aromatic carbocycles. The van der Waals surface area contributed by atoms with Crippen molar-refractivity contribution in [2.24, 2.45) is 0 Å². The SMILES string of the molecule is CC[C@H](C(=O)NC(C)(C)C)N(Cc1cccc(C)c1)C(=O)CN(c1ccc(Cl)c(C(F)(F)F)c1)S(=O)(=O)c1ccccc1. The summed E-state index contributed by atoms with van der Waals surface area (Å²) in [5.74, 6) is -1.22. The van der Waals surface area contributed by atoms with Gasteiger partial charge in [0.15, 0.2) is 0 Å². The summed E-state index contributed by atoms with van der Waals surface area (Å²) in [6, 6.07) is 16.0. The maximum Gasteiger partial charge on any atom is 0.417 e. The number of aryl methyl sites for hydroxylation is 1. The molecule has 2 amide bonds. The van der Waals surface area contributed by atoms with Crippen molar-refractivity contribution in [3.05, 3.63) is 94.5 Å². The minimum Gasteiger partial charge on any atom is -0.350 e. The van der Waals surface area contributed by atoms with Crippen molar-refractivity contribution in [2.75, 3.05) is 10.8 Å². The lowest BCUT2D eigenvalue weighted by atomic mass is 10.0. The summed E-state index contributed by atoms with van der Waals surface area (Å²) in [7, 11) is -4.54. The fourth-order valence-corrected chi connectivity index (χ4v) is 6.17. The van der Waals surface area contributed by atoms with Crippen molar-refractivity contribution in [1.82, 2.24) is 10.2 Å². The number of hydrogen-bond acceptors (Lipinski definition) is 4. The molecule has 1 N–H and O–H groups in total. The number of rotatable bonds is 10. The summed E-state index contributed by atoms with van der Waals surface area (Å²) in [5.41, 5.74) is -0.677. The average Bonchev–Trinajstić information content (AvgIpc) is 2.90. The quantitative estimate of drug-likeness (QED) is 0.272. The van der Waals surface area contributed by atoms with Crippen molar-refractivity contribution >= 4 is 39.1 Å². The molecule has 0 fully saturated rings.